The first kappa shape index (κ1) is 21.9. The SMILES string of the molecule is Cc1ccc(S(=O)(=O)n2cc(Cc3ccccc3C#N)c(-c3ccc([N+](=O)[O-])cc3)n2)cc1. The quantitative estimate of drug-likeness (QED) is 0.311. The number of hydrogen-bond donors (Lipinski definition) is 0. The Morgan fingerprint density at radius 2 is 1.67 bits per heavy atom. The Bertz CT molecular complexity index is 1480. The second-order valence-electron chi connectivity index (χ2n) is 7.44. The van der Waals surface area contributed by atoms with Crippen LogP contribution in [0.5, 0.6) is 0 Å². The molecule has 4 aromatic rings. The van der Waals surface area contributed by atoms with Crippen LogP contribution in [-0.4, -0.2) is 22.5 Å². The van der Waals surface area contributed by atoms with Crippen molar-refractivity contribution in [1.29, 1.82) is 5.26 Å². The number of aromatic nitrogens is 2. The second-order valence-corrected chi connectivity index (χ2v) is 9.24. The van der Waals surface area contributed by atoms with E-state index in [0.29, 0.717) is 22.4 Å². The molecule has 0 N–H and O–H groups in total. The average molecular weight is 458 g/mol. The van der Waals surface area contributed by atoms with Crippen LogP contribution in [-0.2, 0) is 16.4 Å². The van der Waals surface area contributed by atoms with Gasteiger partial charge >= 0.3 is 0 Å². The van der Waals surface area contributed by atoms with E-state index in [9.17, 15) is 23.8 Å². The lowest BCUT2D eigenvalue weighted by Crippen LogP contribution is -2.13. The Balaban J connectivity index is 1.85. The predicted molar refractivity (Wildman–Crippen MR) is 122 cm³/mol. The molecule has 0 saturated carbocycles. The standard InChI is InChI=1S/C24H18N4O4S/c1-17-6-12-23(13-7-17)33(31,32)27-16-21(14-19-4-2-3-5-20(19)15-25)24(26-27)18-8-10-22(11-9-18)28(29)30/h2-13,16H,14H2,1H3. The molecule has 0 aliphatic rings. The molecule has 1 heterocycles. The Kier molecular flexibility index (Phi) is 5.77. The molecule has 164 valence electrons. The summed E-state index contributed by atoms with van der Waals surface area (Å²) in [5.41, 5.74) is 3.51. The molecule has 0 atom stereocenters. The van der Waals surface area contributed by atoms with E-state index in [0.717, 1.165) is 15.2 Å². The van der Waals surface area contributed by atoms with Gasteiger partial charge in [0.1, 0.15) is 0 Å². The Morgan fingerprint density at radius 3 is 2.30 bits per heavy atom. The molecule has 4 rings (SSSR count). The lowest BCUT2D eigenvalue weighted by molar-refractivity contribution is -0.384. The lowest BCUT2D eigenvalue weighted by Gasteiger charge is -2.04. The maximum absolute atomic E-state index is 13.2. The van der Waals surface area contributed by atoms with Crippen molar-refractivity contribution < 1.29 is 13.3 Å². The highest BCUT2D eigenvalue weighted by atomic mass is 32.2. The topological polar surface area (TPSA) is 119 Å². The highest BCUT2D eigenvalue weighted by Gasteiger charge is 2.22. The van der Waals surface area contributed by atoms with Gasteiger partial charge in [-0.05, 0) is 42.8 Å². The molecular weight excluding hydrogens is 440 g/mol. The molecule has 8 nitrogen and oxygen atoms in total. The third-order valence-electron chi connectivity index (χ3n) is 5.20. The normalized spacial score (nSPS) is 11.2. The third-order valence-corrected chi connectivity index (χ3v) is 6.75. The molecule has 9 heteroatoms. The molecule has 33 heavy (non-hydrogen) atoms. The first-order chi connectivity index (χ1) is 15.8. The fraction of sp³-hybridized carbons (Fsp3) is 0.0833. The van der Waals surface area contributed by atoms with Crippen LogP contribution in [0.25, 0.3) is 11.3 Å². The van der Waals surface area contributed by atoms with Gasteiger partial charge in [0.15, 0.2) is 0 Å². The molecule has 0 aliphatic heterocycles. The molecule has 0 amide bonds. The Labute approximate surface area is 190 Å². The highest BCUT2D eigenvalue weighted by Crippen LogP contribution is 2.28. The second kappa shape index (κ2) is 8.68. The molecule has 0 bridgehead atoms. The van der Waals surface area contributed by atoms with Crippen molar-refractivity contribution in [3.8, 4) is 17.3 Å². The minimum atomic E-state index is -3.96. The van der Waals surface area contributed by atoms with Crippen LogP contribution < -0.4 is 0 Å². The fourth-order valence-electron chi connectivity index (χ4n) is 3.43. The van der Waals surface area contributed by atoms with Crippen molar-refractivity contribution in [2.24, 2.45) is 0 Å². The van der Waals surface area contributed by atoms with Crippen LogP contribution in [0.4, 0.5) is 5.69 Å². The smallest absolute Gasteiger partial charge is 0.258 e. The summed E-state index contributed by atoms with van der Waals surface area (Å²) in [5, 5.41) is 24.8. The summed E-state index contributed by atoms with van der Waals surface area (Å²) in [7, 11) is -3.96. The molecule has 1 aromatic heterocycles. The lowest BCUT2D eigenvalue weighted by atomic mass is 9.98. The molecule has 0 aliphatic carbocycles. The van der Waals surface area contributed by atoms with Crippen LogP contribution in [0.15, 0.2) is 83.9 Å². The van der Waals surface area contributed by atoms with Gasteiger partial charge in [-0.1, -0.05) is 35.9 Å². The number of nitriles is 1. The number of aryl methyl sites for hydroxylation is 1. The van der Waals surface area contributed by atoms with Crippen molar-refractivity contribution in [2.75, 3.05) is 0 Å². The van der Waals surface area contributed by atoms with Crippen LogP contribution >= 0.6 is 0 Å². The Morgan fingerprint density at radius 1 is 1.00 bits per heavy atom. The van der Waals surface area contributed by atoms with Gasteiger partial charge in [0.25, 0.3) is 15.7 Å². The van der Waals surface area contributed by atoms with Gasteiger partial charge in [0, 0.05) is 35.9 Å². The first-order valence-electron chi connectivity index (χ1n) is 9.93. The minimum absolute atomic E-state index is 0.0816. The van der Waals surface area contributed by atoms with E-state index in [1.165, 1.54) is 42.6 Å². The number of benzene rings is 3. The monoisotopic (exact) mass is 458 g/mol. The van der Waals surface area contributed by atoms with Crippen LogP contribution in [0, 0.1) is 28.4 Å². The van der Waals surface area contributed by atoms with Crippen LogP contribution in [0.2, 0.25) is 0 Å². The summed E-state index contributed by atoms with van der Waals surface area (Å²) in [4.78, 5) is 10.6. The van der Waals surface area contributed by atoms with Crippen LogP contribution in [0.1, 0.15) is 22.3 Å². The number of non-ortho nitro benzene ring substituents is 1. The van der Waals surface area contributed by atoms with E-state index >= 15 is 0 Å². The van der Waals surface area contributed by atoms with Gasteiger partial charge in [0.05, 0.1) is 27.1 Å². The van der Waals surface area contributed by atoms with E-state index in [1.807, 2.05) is 6.92 Å². The molecule has 0 saturated heterocycles. The van der Waals surface area contributed by atoms with Crippen LogP contribution in [0.3, 0.4) is 0 Å². The molecule has 3 aromatic carbocycles. The van der Waals surface area contributed by atoms with Crippen molar-refractivity contribution >= 4 is 15.7 Å². The summed E-state index contributed by atoms with van der Waals surface area (Å²) in [6, 6.07) is 21.4. The maximum atomic E-state index is 13.2. The largest absolute Gasteiger partial charge is 0.282 e. The van der Waals surface area contributed by atoms with E-state index < -0.39 is 14.9 Å². The van der Waals surface area contributed by atoms with E-state index in [-0.39, 0.29) is 17.0 Å². The van der Waals surface area contributed by atoms with E-state index in [4.69, 9.17) is 0 Å². The number of rotatable bonds is 6. The fourth-order valence-corrected chi connectivity index (χ4v) is 4.58. The maximum Gasteiger partial charge on any atom is 0.282 e. The van der Waals surface area contributed by atoms with Crippen molar-refractivity contribution in [1.82, 2.24) is 9.19 Å². The van der Waals surface area contributed by atoms with Gasteiger partial charge in [0.2, 0.25) is 0 Å². The van der Waals surface area contributed by atoms with Gasteiger partial charge in [-0.25, -0.2) is 0 Å². The summed E-state index contributed by atoms with van der Waals surface area (Å²) in [5.74, 6) is 0. The van der Waals surface area contributed by atoms with E-state index in [1.54, 1.807) is 36.4 Å². The minimum Gasteiger partial charge on any atom is -0.258 e. The summed E-state index contributed by atoms with van der Waals surface area (Å²) >= 11 is 0. The average Bonchev–Trinajstić information content (AvgIpc) is 3.24. The highest BCUT2D eigenvalue weighted by molar-refractivity contribution is 7.89. The predicted octanol–water partition coefficient (Wildman–Crippen LogP) is 4.47. The van der Waals surface area contributed by atoms with Crippen molar-refractivity contribution in [2.45, 2.75) is 18.2 Å². The van der Waals surface area contributed by atoms with Crippen molar-refractivity contribution in [3.63, 3.8) is 0 Å². The number of nitro groups is 1. The molecule has 0 fully saturated rings. The van der Waals surface area contributed by atoms with Gasteiger partial charge in [-0.15, -0.1) is 0 Å². The van der Waals surface area contributed by atoms with Crippen molar-refractivity contribution in [3.05, 3.63) is 111 Å². The van der Waals surface area contributed by atoms with Gasteiger partial charge in [-0.3, -0.25) is 10.1 Å². The number of nitrogens with zero attached hydrogens (tertiary/aromatic N) is 4. The van der Waals surface area contributed by atoms with Gasteiger partial charge < -0.3 is 0 Å². The summed E-state index contributed by atoms with van der Waals surface area (Å²) in [6.45, 7) is 1.86. The number of nitro benzene ring substituents is 1. The third kappa shape index (κ3) is 4.37. The summed E-state index contributed by atoms with van der Waals surface area (Å²) in [6.07, 6.45) is 1.69. The molecular formula is C24H18N4O4S. The zero-order valence-electron chi connectivity index (χ0n) is 17.5. The zero-order valence-corrected chi connectivity index (χ0v) is 18.4. The summed E-state index contributed by atoms with van der Waals surface area (Å²) < 4.78 is 27.4. The molecule has 0 unspecified atom stereocenters. The van der Waals surface area contributed by atoms with Gasteiger partial charge in [-0.2, -0.15) is 22.9 Å². The first-order valence-corrected chi connectivity index (χ1v) is 11.4. The molecule has 0 radical (unpaired) electrons. The Hall–Kier alpha value is -4.29. The van der Waals surface area contributed by atoms with E-state index in [2.05, 4.69) is 11.2 Å². The molecule has 0 spiro atoms. The zero-order chi connectivity index (χ0) is 23.6. The number of hydrogen-bond acceptors (Lipinski definition) is 6.